The lowest BCUT2D eigenvalue weighted by atomic mass is 10.2. The topological polar surface area (TPSA) is 88.1 Å². The predicted octanol–water partition coefficient (Wildman–Crippen LogP) is 2.33. The normalized spacial score (nSPS) is 10.7. The van der Waals surface area contributed by atoms with Crippen molar-refractivity contribution in [2.24, 2.45) is 0 Å². The number of rotatable bonds is 3. The molecule has 0 fully saturated rings. The van der Waals surface area contributed by atoms with E-state index in [0.29, 0.717) is 17.0 Å². The van der Waals surface area contributed by atoms with Crippen LogP contribution in [-0.4, -0.2) is 33.1 Å². The molecule has 0 aliphatic carbocycles. The van der Waals surface area contributed by atoms with Crippen LogP contribution in [0.2, 0.25) is 0 Å². The van der Waals surface area contributed by atoms with E-state index in [9.17, 15) is 4.79 Å². The summed E-state index contributed by atoms with van der Waals surface area (Å²) in [6.07, 6.45) is 1.29. The van der Waals surface area contributed by atoms with Gasteiger partial charge in [0, 0.05) is 11.8 Å². The van der Waals surface area contributed by atoms with Crippen molar-refractivity contribution in [2.45, 2.75) is 0 Å². The summed E-state index contributed by atoms with van der Waals surface area (Å²) >= 11 is 0. The molecule has 6 nitrogen and oxygen atoms in total. The largest absolute Gasteiger partial charge is 0.497 e. The first-order chi connectivity index (χ1) is 9.67. The number of hydrogen-bond acceptors (Lipinski definition) is 4. The van der Waals surface area contributed by atoms with Gasteiger partial charge in [-0.3, -0.25) is 0 Å². The highest BCUT2D eigenvalue weighted by atomic mass is 16.5. The van der Waals surface area contributed by atoms with Gasteiger partial charge in [-0.1, -0.05) is 12.1 Å². The minimum absolute atomic E-state index is 0.123. The summed E-state index contributed by atoms with van der Waals surface area (Å²) < 4.78 is 5.17. The zero-order valence-corrected chi connectivity index (χ0v) is 10.6. The average Bonchev–Trinajstić information content (AvgIpc) is 2.90. The highest BCUT2D eigenvalue weighted by Crippen LogP contribution is 2.23. The summed E-state index contributed by atoms with van der Waals surface area (Å²) in [7, 11) is 1.60. The summed E-state index contributed by atoms with van der Waals surface area (Å²) in [6.45, 7) is 0. The zero-order chi connectivity index (χ0) is 14.1. The summed E-state index contributed by atoms with van der Waals surface area (Å²) in [4.78, 5) is 22.4. The number of aromatic amines is 1. The monoisotopic (exact) mass is 269 g/mol. The van der Waals surface area contributed by atoms with Crippen molar-refractivity contribution in [2.75, 3.05) is 7.11 Å². The number of nitrogens with zero attached hydrogens (tertiary/aromatic N) is 2. The van der Waals surface area contributed by atoms with Crippen LogP contribution in [0.3, 0.4) is 0 Å². The number of carbonyl (C=O) groups is 1. The third-order valence-corrected chi connectivity index (χ3v) is 2.93. The van der Waals surface area contributed by atoms with E-state index < -0.39 is 5.97 Å². The summed E-state index contributed by atoms with van der Waals surface area (Å²) in [6, 6.07) is 8.94. The van der Waals surface area contributed by atoms with E-state index in [0.717, 1.165) is 11.3 Å². The molecule has 2 N–H and O–H groups in total. The first kappa shape index (κ1) is 12.2. The number of carboxylic acid groups (broad SMARTS) is 1. The lowest BCUT2D eigenvalue weighted by molar-refractivity contribution is 0.0696. The smallest absolute Gasteiger partial charge is 0.337 e. The van der Waals surface area contributed by atoms with Crippen LogP contribution in [0.25, 0.3) is 22.6 Å². The molecular weight excluding hydrogens is 258 g/mol. The van der Waals surface area contributed by atoms with Crippen molar-refractivity contribution < 1.29 is 14.6 Å². The van der Waals surface area contributed by atoms with Gasteiger partial charge >= 0.3 is 5.97 Å². The van der Waals surface area contributed by atoms with Gasteiger partial charge in [-0.05, 0) is 18.2 Å². The van der Waals surface area contributed by atoms with Crippen LogP contribution in [0.15, 0.2) is 36.5 Å². The Morgan fingerprint density at radius 3 is 2.95 bits per heavy atom. The van der Waals surface area contributed by atoms with Gasteiger partial charge in [-0.15, -0.1) is 0 Å². The van der Waals surface area contributed by atoms with Gasteiger partial charge in [0.25, 0.3) is 0 Å². The standard InChI is InChI=1S/C14H11N3O3/c1-20-10-4-2-3-8(5-10)12-16-11-6-9(14(18)19)7-15-13(11)17-12/h2-7H,1H3,(H,18,19)(H,15,16,17). The molecule has 0 saturated heterocycles. The van der Waals surface area contributed by atoms with Gasteiger partial charge < -0.3 is 14.8 Å². The Bertz CT molecular complexity index is 795. The fraction of sp³-hybridized carbons (Fsp3) is 0.0714. The van der Waals surface area contributed by atoms with Crippen LogP contribution in [0.1, 0.15) is 10.4 Å². The molecule has 6 heteroatoms. The summed E-state index contributed by atoms with van der Waals surface area (Å²) in [5.41, 5.74) is 2.04. The lowest BCUT2D eigenvalue weighted by Crippen LogP contribution is -1.96. The summed E-state index contributed by atoms with van der Waals surface area (Å²) in [5, 5.41) is 8.95. The molecule has 1 aromatic carbocycles. The van der Waals surface area contributed by atoms with E-state index in [4.69, 9.17) is 9.84 Å². The van der Waals surface area contributed by atoms with E-state index in [1.165, 1.54) is 12.3 Å². The number of benzene rings is 1. The molecule has 0 unspecified atom stereocenters. The quantitative estimate of drug-likeness (QED) is 0.761. The van der Waals surface area contributed by atoms with Crippen LogP contribution in [0, 0.1) is 0 Å². The Labute approximate surface area is 114 Å². The fourth-order valence-electron chi connectivity index (χ4n) is 1.92. The molecule has 2 aromatic heterocycles. The van der Waals surface area contributed by atoms with E-state index in [-0.39, 0.29) is 5.56 Å². The van der Waals surface area contributed by atoms with Crippen molar-refractivity contribution >= 4 is 17.1 Å². The van der Waals surface area contributed by atoms with E-state index in [1.54, 1.807) is 7.11 Å². The summed E-state index contributed by atoms with van der Waals surface area (Å²) in [5.74, 6) is 0.327. The molecule has 0 radical (unpaired) electrons. The van der Waals surface area contributed by atoms with Gasteiger partial charge in [0.1, 0.15) is 11.6 Å². The van der Waals surface area contributed by atoms with E-state index >= 15 is 0 Å². The maximum atomic E-state index is 10.9. The van der Waals surface area contributed by atoms with Crippen LogP contribution in [0.5, 0.6) is 5.75 Å². The predicted molar refractivity (Wildman–Crippen MR) is 72.8 cm³/mol. The number of fused-ring (bicyclic) bond motifs is 1. The van der Waals surface area contributed by atoms with E-state index in [2.05, 4.69) is 15.0 Å². The maximum Gasteiger partial charge on any atom is 0.337 e. The molecule has 0 amide bonds. The Hall–Kier alpha value is -2.89. The van der Waals surface area contributed by atoms with Gasteiger partial charge in [0.15, 0.2) is 5.65 Å². The number of carboxylic acids is 1. The van der Waals surface area contributed by atoms with Crippen molar-refractivity contribution in [3.05, 3.63) is 42.1 Å². The number of aromatic nitrogens is 3. The number of imidazole rings is 1. The Kier molecular flexibility index (Phi) is 2.83. The molecule has 0 bridgehead atoms. The molecule has 3 rings (SSSR count). The molecule has 0 atom stereocenters. The Morgan fingerprint density at radius 1 is 1.35 bits per heavy atom. The Balaban J connectivity index is 2.10. The number of aromatic carboxylic acids is 1. The third-order valence-electron chi connectivity index (χ3n) is 2.93. The lowest BCUT2D eigenvalue weighted by Gasteiger charge is -2.01. The number of methoxy groups -OCH3 is 1. The van der Waals surface area contributed by atoms with Crippen LogP contribution >= 0.6 is 0 Å². The van der Waals surface area contributed by atoms with E-state index in [1.807, 2.05) is 24.3 Å². The van der Waals surface area contributed by atoms with Gasteiger partial charge in [0.2, 0.25) is 0 Å². The molecular formula is C14H11N3O3. The highest BCUT2D eigenvalue weighted by molar-refractivity contribution is 5.91. The second kappa shape index (κ2) is 4.65. The zero-order valence-electron chi connectivity index (χ0n) is 10.6. The molecule has 3 aromatic rings. The first-order valence-electron chi connectivity index (χ1n) is 5.91. The van der Waals surface area contributed by atoms with Crippen molar-refractivity contribution in [1.82, 2.24) is 15.0 Å². The highest BCUT2D eigenvalue weighted by Gasteiger charge is 2.10. The van der Waals surface area contributed by atoms with Crippen LogP contribution in [0.4, 0.5) is 0 Å². The maximum absolute atomic E-state index is 10.9. The number of ether oxygens (including phenoxy) is 1. The van der Waals surface area contributed by atoms with Crippen LogP contribution < -0.4 is 4.74 Å². The van der Waals surface area contributed by atoms with Crippen LogP contribution in [-0.2, 0) is 0 Å². The number of pyridine rings is 1. The molecule has 2 heterocycles. The minimum atomic E-state index is -1.02. The Morgan fingerprint density at radius 2 is 2.20 bits per heavy atom. The average molecular weight is 269 g/mol. The molecule has 0 saturated carbocycles. The van der Waals surface area contributed by atoms with Crippen molar-refractivity contribution in [3.8, 4) is 17.1 Å². The SMILES string of the molecule is COc1cccc(-c2nc3ncc(C(=O)O)cc3[nH]2)c1. The van der Waals surface area contributed by atoms with Gasteiger partial charge in [-0.25, -0.2) is 14.8 Å². The third kappa shape index (κ3) is 2.07. The molecule has 0 aliphatic rings. The second-order valence-corrected chi connectivity index (χ2v) is 4.22. The second-order valence-electron chi connectivity index (χ2n) is 4.22. The van der Waals surface area contributed by atoms with Crippen molar-refractivity contribution in [1.29, 1.82) is 0 Å². The van der Waals surface area contributed by atoms with Gasteiger partial charge in [-0.2, -0.15) is 0 Å². The first-order valence-corrected chi connectivity index (χ1v) is 5.91. The number of H-pyrrole nitrogens is 1. The van der Waals surface area contributed by atoms with Gasteiger partial charge in [0.05, 0.1) is 18.2 Å². The number of hydrogen-bond donors (Lipinski definition) is 2. The molecule has 20 heavy (non-hydrogen) atoms. The minimum Gasteiger partial charge on any atom is -0.497 e. The molecule has 100 valence electrons. The molecule has 0 aliphatic heterocycles. The fourth-order valence-corrected chi connectivity index (χ4v) is 1.92. The molecule has 0 spiro atoms. The number of nitrogens with one attached hydrogen (secondary N) is 1. The van der Waals surface area contributed by atoms with Crippen molar-refractivity contribution in [3.63, 3.8) is 0 Å².